The number of hydrogen-bond donors (Lipinski definition) is 2. The third kappa shape index (κ3) is 3.21. The van der Waals surface area contributed by atoms with Crippen molar-refractivity contribution in [1.29, 1.82) is 0 Å². The zero-order chi connectivity index (χ0) is 13.7. The van der Waals surface area contributed by atoms with Gasteiger partial charge in [-0.15, -0.1) is 0 Å². The monoisotopic (exact) mass is 261 g/mol. The van der Waals surface area contributed by atoms with Crippen LogP contribution in [0.1, 0.15) is 19.0 Å². The predicted octanol–water partition coefficient (Wildman–Crippen LogP) is 1.57. The SMILES string of the molecule is CCCn1cc(Oc2ccc(/C(N)=N/O)nc2)cn1. The number of nitrogens with zero attached hydrogens (tertiary/aromatic N) is 4. The Bertz CT molecular complexity index is 562. The molecule has 3 N–H and O–H groups in total. The van der Waals surface area contributed by atoms with Gasteiger partial charge in [-0.05, 0) is 18.6 Å². The smallest absolute Gasteiger partial charge is 0.188 e. The maximum absolute atomic E-state index is 8.53. The minimum atomic E-state index is -0.0395. The molecule has 0 saturated carbocycles. The maximum atomic E-state index is 8.53. The van der Waals surface area contributed by atoms with Crippen LogP contribution in [-0.2, 0) is 6.54 Å². The molecule has 0 fully saturated rings. The van der Waals surface area contributed by atoms with E-state index >= 15 is 0 Å². The van der Waals surface area contributed by atoms with Crippen LogP contribution in [0.25, 0.3) is 0 Å². The summed E-state index contributed by atoms with van der Waals surface area (Å²) in [6.45, 7) is 2.93. The number of ether oxygens (including phenoxy) is 1. The summed E-state index contributed by atoms with van der Waals surface area (Å²) >= 11 is 0. The molecule has 0 spiro atoms. The standard InChI is InChI=1S/C12H15N5O2/c1-2-5-17-8-10(7-15-17)19-9-3-4-11(14-6-9)12(13)16-18/h3-4,6-8,18H,2,5H2,1H3,(H2,13,16). The molecular formula is C12H15N5O2. The van der Waals surface area contributed by atoms with Gasteiger partial charge in [0, 0.05) is 6.54 Å². The van der Waals surface area contributed by atoms with Gasteiger partial charge in [0.05, 0.1) is 18.6 Å². The Hall–Kier alpha value is -2.57. The van der Waals surface area contributed by atoms with E-state index in [1.54, 1.807) is 18.3 Å². The van der Waals surface area contributed by atoms with Crippen molar-refractivity contribution >= 4 is 5.84 Å². The maximum Gasteiger partial charge on any atom is 0.188 e. The lowest BCUT2D eigenvalue weighted by atomic mass is 10.3. The van der Waals surface area contributed by atoms with E-state index in [0.29, 0.717) is 17.2 Å². The van der Waals surface area contributed by atoms with Crippen LogP contribution in [0.2, 0.25) is 0 Å². The molecule has 0 atom stereocenters. The van der Waals surface area contributed by atoms with Crippen molar-refractivity contribution in [2.24, 2.45) is 10.9 Å². The van der Waals surface area contributed by atoms with Crippen molar-refractivity contribution in [2.75, 3.05) is 0 Å². The molecule has 0 unspecified atom stereocenters. The Morgan fingerprint density at radius 3 is 2.89 bits per heavy atom. The highest BCUT2D eigenvalue weighted by Crippen LogP contribution is 2.19. The molecule has 2 aromatic heterocycles. The summed E-state index contributed by atoms with van der Waals surface area (Å²) in [7, 11) is 0. The fourth-order valence-corrected chi connectivity index (χ4v) is 1.53. The van der Waals surface area contributed by atoms with Gasteiger partial charge in [0.1, 0.15) is 11.4 Å². The summed E-state index contributed by atoms with van der Waals surface area (Å²) in [5.74, 6) is 1.17. The second kappa shape index (κ2) is 5.85. The molecule has 0 saturated heterocycles. The molecule has 0 aliphatic carbocycles. The number of oxime groups is 1. The van der Waals surface area contributed by atoms with E-state index in [1.165, 1.54) is 6.20 Å². The lowest BCUT2D eigenvalue weighted by molar-refractivity contribution is 0.318. The minimum absolute atomic E-state index is 0.0395. The summed E-state index contributed by atoms with van der Waals surface area (Å²) in [5.41, 5.74) is 5.80. The molecule has 100 valence electrons. The Labute approximate surface area is 110 Å². The van der Waals surface area contributed by atoms with Gasteiger partial charge in [-0.3, -0.25) is 4.68 Å². The third-order valence-electron chi connectivity index (χ3n) is 2.40. The van der Waals surface area contributed by atoms with Crippen LogP contribution < -0.4 is 10.5 Å². The van der Waals surface area contributed by atoms with E-state index in [-0.39, 0.29) is 5.84 Å². The van der Waals surface area contributed by atoms with E-state index in [1.807, 2.05) is 10.9 Å². The molecule has 2 rings (SSSR count). The van der Waals surface area contributed by atoms with Crippen LogP contribution in [0, 0.1) is 0 Å². The van der Waals surface area contributed by atoms with Gasteiger partial charge >= 0.3 is 0 Å². The third-order valence-corrected chi connectivity index (χ3v) is 2.40. The highest BCUT2D eigenvalue weighted by Gasteiger charge is 2.04. The summed E-state index contributed by atoms with van der Waals surface area (Å²) in [6.07, 6.45) is 5.98. The lowest BCUT2D eigenvalue weighted by Gasteiger charge is -2.03. The van der Waals surface area contributed by atoms with Gasteiger partial charge in [-0.2, -0.15) is 5.10 Å². The van der Waals surface area contributed by atoms with E-state index in [2.05, 4.69) is 22.2 Å². The van der Waals surface area contributed by atoms with E-state index in [9.17, 15) is 0 Å². The van der Waals surface area contributed by atoms with Gasteiger partial charge in [-0.1, -0.05) is 12.1 Å². The summed E-state index contributed by atoms with van der Waals surface area (Å²) in [5, 5.41) is 15.6. The zero-order valence-electron chi connectivity index (χ0n) is 10.5. The Morgan fingerprint density at radius 2 is 2.26 bits per heavy atom. The molecular weight excluding hydrogens is 246 g/mol. The minimum Gasteiger partial charge on any atom is -0.452 e. The summed E-state index contributed by atoms with van der Waals surface area (Å²) in [6, 6.07) is 3.30. The first-order valence-corrected chi connectivity index (χ1v) is 5.87. The molecule has 0 bridgehead atoms. The molecule has 0 aliphatic rings. The van der Waals surface area contributed by atoms with Crippen LogP contribution in [0.5, 0.6) is 11.5 Å². The highest BCUT2D eigenvalue weighted by atomic mass is 16.5. The Balaban J connectivity index is 2.06. The van der Waals surface area contributed by atoms with Crippen LogP contribution >= 0.6 is 0 Å². The van der Waals surface area contributed by atoms with Gasteiger partial charge in [0.2, 0.25) is 0 Å². The van der Waals surface area contributed by atoms with E-state index in [0.717, 1.165) is 13.0 Å². The molecule has 19 heavy (non-hydrogen) atoms. The van der Waals surface area contributed by atoms with Crippen LogP contribution in [0.3, 0.4) is 0 Å². The quantitative estimate of drug-likeness (QED) is 0.368. The van der Waals surface area contributed by atoms with Gasteiger partial charge in [0.15, 0.2) is 11.6 Å². The first kappa shape index (κ1) is 12.9. The average molecular weight is 261 g/mol. The first-order chi connectivity index (χ1) is 9.22. The van der Waals surface area contributed by atoms with Crippen LogP contribution in [0.15, 0.2) is 35.9 Å². The van der Waals surface area contributed by atoms with Crippen LogP contribution in [-0.4, -0.2) is 25.8 Å². The number of aromatic nitrogens is 3. The van der Waals surface area contributed by atoms with Crippen LogP contribution in [0.4, 0.5) is 0 Å². The van der Waals surface area contributed by atoms with Gasteiger partial charge < -0.3 is 15.7 Å². The molecule has 7 nitrogen and oxygen atoms in total. The van der Waals surface area contributed by atoms with Crippen molar-refractivity contribution < 1.29 is 9.94 Å². The Kier molecular flexibility index (Phi) is 3.97. The molecule has 0 aliphatic heterocycles. The van der Waals surface area contributed by atoms with Crippen molar-refractivity contribution in [2.45, 2.75) is 19.9 Å². The second-order valence-corrected chi connectivity index (χ2v) is 3.91. The molecule has 0 radical (unpaired) electrons. The Morgan fingerprint density at radius 1 is 1.42 bits per heavy atom. The average Bonchev–Trinajstić information content (AvgIpc) is 2.86. The number of hydrogen-bond acceptors (Lipinski definition) is 5. The van der Waals surface area contributed by atoms with Gasteiger partial charge in [-0.25, -0.2) is 4.98 Å². The fraction of sp³-hybridized carbons (Fsp3) is 0.250. The second-order valence-electron chi connectivity index (χ2n) is 3.91. The van der Waals surface area contributed by atoms with Crippen molar-refractivity contribution in [3.8, 4) is 11.5 Å². The normalized spacial score (nSPS) is 11.5. The molecule has 2 aromatic rings. The summed E-state index contributed by atoms with van der Waals surface area (Å²) in [4.78, 5) is 4.02. The van der Waals surface area contributed by atoms with E-state index in [4.69, 9.17) is 15.7 Å². The largest absolute Gasteiger partial charge is 0.452 e. The molecule has 0 aromatic carbocycles. The molecule has 2 heterocycles. The van der Waals surface area contributed by atoms with Crippen molar-refractivity contribution in [3.63, 3.8) is 0 Å². The number of aryl methyl sites for hydroxylation is 1. The number of nitrogens with two attached hydrogens (primary N) is 1. The summed E-state index contributed by atoms with van der Waals surface area (Å²) < 4.78 is 7.40. The fourth-order valence-electron chi connectivity index (χ4n) is 1.53. The lowest BCUT2D eigenvalue weighted by Crippen LogP contribution is -2.14. The van der Waals surface area contributed by atoms with Gasteiger partial charge in [0.25, 0.3) is 0 Å². The molecule has 7 heteroatoms. The topological polar surface area (TPSA) is 98.5 Å². The van der Waals surface area contributed by atoms with Crippen molar-refractivity contribution in [3.05, 3.63) is 36.4 Å². The first-order valence-electron chi connectivity index (χ1n) is 5.87. The molecule has 0 amide bonds. The highest BCUT2D eigenvalue weighted by molar-refractivity contribution is 5.95. The number of rotatable bonds is 5. The van der Waals surface area contributed by atoms with E-state index < -0.39 is 0 Å². The zero-order valence-corrected chi connectivity index (χ0v) is 10.5. The predicted molar refractivity (Wildman–Crippen MR) is 69.3 cm³/mol. The number of amidine groups is 1. The number of pyridine rings is 1. The van der Waals surface area contributed by atoms with Crippen molar-refractivity contribution in [1.82, 2.24) is 14.8 Å².